The van der Waals surface area contributed by atoms with Crippen LogP contribution in [-0.2, 0) is 5.60 Å². The van der Waals surface area contributed by atoms with Crippen LogP contribution in [0, 0.1) is 6.92 Å². The summed E-state index contributed by atoms with van der Waals surface area (Å²) in [5, 5.41) is 15.2. The lowest BCUT2D eigenvalue weighted by Gasteiger charge is -2.18. The lowest BCUT2D eigenvalue weighted by Crippen LogP contribution is -2.15. The molecule has 0 fully saturated rings. The maximum atomic E-state index is 9.74. The van der Waals surface area contributed by atoms with E-state index < -0.39 is 5.60 Å². The molecule has 0 heterocycles. The summed E-state index contributed by atoms with van der Waals surface area (Å²) in [6.07, 6.45) is 0. The standard InChI is InChI=1S/C10H15NOS.C2H6/c1-7-6-8(10(2,3)12)4-5-9(7)13-11;1-2/h4-6,12H,11H2,1-3H3;1-2H3. The van der Waals surface area contributed by atoms with E-state index in [1.807, 2.05) is 39.0 Å². The zero-order valence-corrected chi connectivity index (χ0v) is 11.0. The summed E-state index contributed by atoms with van der Waals surface area (Å²) in [6.45, 7) is 9.54. The fourth-order valence-corrected chi connectivity index (χ4v) is 1.55. The Morgan fingerprint density at radius 3 is 2.13 bits per heavy atom. The number of aliphatic hydroxyl groups is 1. The molecule has 3 N–H and O–H groups in total. The highest BCUT2D eigenvalue weighted by molar-refractivity contribution is 7.97. The van der Waals surface area contributed by atoms with E-state index >= 15 is 0 Å². The number of nitrogens with two attached hydrogens (primary N) is 1. The van der Waals surface area contributed by atoms with E-state index in [0.717, 1.165) is 16.0 Å². The largest absolute Gasteiger partial charge is 0.386 e. The fraction of sp³-hybridized carbons (Fsp3) is 0.500. The van der Waals surface area contributed by atoms with Crippen LogP contribution < -0.4 is 5.14 Å². The maximum Gasteiger partial charge on any atom is 0.0840 e. The zero-order valence-electron chi connectivity index (χ0n) is 10.2. The van der Waals surface area contributed by atoms with Gasteiger partial charge in [0.1, 0.15) is 0 Å². The van der Waals surface area contributed by atoms with Crippen LogP contribution in [0.3, 0.4) is 0 Å². The van der Waals surface area contributed by atoms with Crippen LogP contribution in [0.4, 0.5) is 0 Å². The predicted octanol–water partition coefficient (Wildman–Crippen LogP) is 3.21. The highest BCUT2D eigenvalue weighted by Crippen LogP contribution is 2.25. The van der Waals surface area contributed by atoms with Crippen molar-refractivity contribution in [2.45, 2.75) is 45.1 Å². The van der Waals surface area contributed by atoms with Crippen molar-refractivity contribution in [2.24, 2.45) is 5.14 Å². The second-order valence-corrected chi connectivity index (χ2v) is 4.33. The van der Waals surface area contributed by atoms with Crippen LogP contribution in [0.25, 0.3) is 0 Å². The lowest BCUT2D eigenvalue weighted by atomic mass is 9.97. The molecular formula is C12H21NOS. The van der Waals surface area contributed by atoms with Gasteiger partial charge in [-0.1, -0.05) is 26.0 Å². The lowest BCUT2D eigenvalue weighted by molar-refractivity contribution is 0.0785. The summed E-state index contributed by atoms with van der Waals surface area (Å²) in [7, 11) is 0. The molecular weight excluding hydrogens is 206 g/mol. The van der Waals surface area contributed by atoms with Gasteiger partial charge >= 0.3 is 0 Å². The molecule has 0 aliphatic heterocycles. The quantitative estimate of drug-likeness (QED) is 0.763. The van der Waals surface area contributed by atoms with Crippen LogP contribution in [0.15, 0.2) is 23.1 Å². The Morgan fingerprint density at radius 2 is 1.80 bits per heavy atom. The molecule has 1 aromatic rings. The Bertz CT molecular complexity index is 305. The van der Waals surface area contributed by atoms with Crippen LogP contribution in [-0.4, -0.2) is 5.11 Å². The van der Waals surface area contributed by atoms with E-state index in [9.17, 15) is 5.11 Å². The monoisotopic (exact) mass is 227 g/mol. The molecule has 0 radical (unpaired) electrons. The molecule has 2 nitrogen and oxygen atoms in total. The van der Waals surface area contributed by atoms with E-state index in [2.05, 4.69) is 0 Å². The van der Waals surface area contributed by atoms with Gasteiger partial charge in [-0.2, -0.15) is 0 Å². The van der Waals surface area contributed by atoms with Crippen molar-refractivity contribution < 1.29 is 5.11 Å². The van der Waals surface area contributed by atoms with Gasteiger partial charge in [0.25, 0.3) is 0 Å². The number of aryl methyl sites for hydroxylation is 1. The van der Waals surface area contributed by atoms with E-state index in [1.54, 1.807) is 13.8 Å². The van der Waals surface area contributed by atoms with Crippen LogP contribution in [0.2, 0.25) is 0 Å². The summed E-state index contributed by atoms with van der Waals surface area (Å²) >= 11 is 1.23. The third-order valence-corrected chi connectivity index (χ3v) is 2.72. The third-order valence-electron chi connectivity index (χ3n) is 2.01. The third kappa shape index (κ3) is 4.24. The van der Waals surface area contributed by atoms with Crippen LogP contribution in [0.5, 0.6) is 0 Å². The topological polar surface area (TPSA) is 46.2 Å². The van der Waals surface area contributed by atoms with Gasteiger partial charge in [-0.05, 0) is 49.9 Å². The fourth-order valence-electron chi connectivity index (χ4n) is 1.16. The smallest absolute Gasteiger partial charge is 0.0840 e. The molecule has 1 rings (SSSR count). The van der Waals surface area contributed by atoms with Gasteiger partial charge in [-0.15, -0.1) is 0 Å². The molecule has 0 bridgehead atoms. The van der Waals surface area contributed by atoms with Gasteiger partial charge in [0, 0.05) is 4.90 Å². The minimum absolute atomic E-state index is 0.775. The number of hydrogen-bond donors (Lipinski definition) is 2. The molecule has 0 aromatic heterocycles. The van der Waals surface area contributed by atoms with Crippen molar-refractivity contribution in [1.29, 1.82) is 0 Å². The molecule has 1 aromatic carbocycles. The Balaban J connectivity index is 0.000000921. The second kappa shape index (κ2) is 6.16. The zero-order chi connectivity index (χ0) is 12.1. The van der Waals surface area contributed by atoms with Gasteiger partial charge < -0.3 is 5.11 Å². The van der Waals surface area contributed by atoms with Crippen LogP contribution in [0.1, 0.15) is 38.8 Å². The highest BCUT2D eigenvalue weighted by Gasteiger charge is 2.16. The molecule has 0 atom stereocenters. The first-order valence-corrected chi connectivity index (χ1v) is 6.03. The Kier molecular flexibility index (Phi) is 5.95. The predicted molar refractivity (Wildman–Crippen MR) is 67.8 cm³/mol. The van der Waals surface area contributed by atoms with E-state index in [4.69, 9.17) is 5.14 Å². The molecule has 15 heavy (non-hydrogen) atoms. The van der Waals surface area contributed by atoms with Crippen LogP contribution >= 0.6 is 11.9 Å². The summed E-state index contributed by atoms with van der Waals surface area (Å²) < 4.78 is 0. The summed E-state index contributed by atoms with van der Waals surface area (Å²) in [5.41, 5.74) is 1.25. The molecule has 3 heteroatoms. The molecule has 0 amide bonds. The van der Waals surface area contributed by atoms with Gasteiger partial charge in [0.2, 0.25) is 0 Å². The first kappa shape index (κ1) is 14.5. The minimum atomic E-state index is -0.775. The van der Waals surface area contributed by atoms with Gasteiger partial charge in [-0.25, -0.2) is 0 Å². The van der Waals surface area contributed by atoms with Crippen molar-refractivity contribution in [3.63, 3.8) is 0 Å². The molecule has 0 unspecified atom stereocenters. The Morgan fingerprint density at radius 1 is 1.27 bits per heavy atom. The maximum absolute atomic E-state index is 9.74. The Hall–Kier alpha value is -0.510. The molecule has 86 valence electrons. The summed E-state index contributed by atoms with van der Waals surface area (Å²) in [4.78, 5) is 1.05. The number of benzene rings is 1. The van der Waals surface area contributed by atoms with Crippen molar-refractivity contribution in [3.8, 4) is 0 Å². The van der Waals surface area contributed by atoms with Crippen molar-refractivity contribution in [2.75, 3.05) is 0 Å². The average molecular weight is 227 g/mol. The molecule has 0 saturated carbocycles. The van der Waals surface area contributed by atoms with Gasteiger partial charge in [0.15, 0.2) is 0 Å². The molecule has 0 spiro atoms. The highest BCUT2D eigenvalue weighted by atomic mass is 32.2. The van der Waals surface area contributed by atoms with Gasteiger partial charge in [0.05, 0.1) is 5.60 Å². The summed E-state index contributed by atoms with van der Waals surface area (Å²) in [5.74, 6) is 0. The Labute approximate surface area is 97.0 Å². The van der Waals surface area contributed by atoms with E-state index in [1.165, 1.54) is 11.9 Å². The average Bonchev–Trinajstić information content (AvgIpc) is 2.19. The van der Waals surface area contributed by atoms with E-state index in [0.29, 0.717) is 0 Å². The number of rotatable bonds is 2. The number of hydrogen-bond acceptors (Lipinski definition) is 3. The first-order valence-electron chi connectivity index (χ1n) is 5.15. The van der Waals surface area contributed by atoms with Gasteiger partial charge in [-0.3, -0.25) is 5.14 Å². The van der Waals surface area contributed by atoms with E-state index in [-0.39, 0.29) is 0 Å². The minimum Gasteiger partial charge on any atom is -0.386 e. The molecule has 0 aliphatic carbocycles. The molecule has 0 aliphatic rings. The van der Waals surface area contributed by atoms with Crippen molar-refractivity contribution in [1.82, 2.24) is 0 Å². The van der Waals surface area contributed by atoms with Crippen molar-refractivity contribution in [3.05, 3.63) is 29.3 Å². The molecule has 0 saturated heterocycles. The van der Waals surface area contributed by atoms with Crippen molar-refractivity contribution >= 4 is 11.9 Å². The first-order chi connectivity index (χ1) is 6.95. The SMILES string of the molecule is CC.Cc1cc(C(C)(C)O)ccc1SN. The normalized spacial score (nSPS) is 10.6. The summed E-state index contributed by atoms with van der Waals surface area (Å²) in [6, 6.07) is 5.81. The second-order valence-electron chi connectivity index (χ2n) is 3.66.